The van der Waals surface area contributed by atoms with Gasteiger partial charge in [-0.2, -0.15) is 4.52 Å². The Morgan fingerprint density at radius 2 is 1.88 bits per heavy atom. The van der Waals surface area contributed by atoms with E-state index in [1.54, 1.807) is 10.8 Å². The highest BCUT2D eigenvalue weighted by Crippen LogP contribution is 2.22. The lowest BCUT2D eigenvalue weighted by Gasteiger charge is -2.40. The van der Waals surface area contributed by atoms with Gasteiger partial charge in [0, 0.05) is 25.7 Å². The fourth-order valence-electron chi connectivity index (χ4n) is 3.48. The number of nitrogens with zero attached hydrogens (tertiary/aromatic N) is 8. The largest absolute Gasteiger partial charge is 0.351 e. The third kappa shape index (κ3) is 2.50. The van der Waals surface area contributed by atoms with Crippen LogP contribution >= 0.6 is 0 Å². The van der Waals surface area contributed by atoms with Crippen LogP contribution in [0.3, 0.4) is 0 Å². The number of fused-ring (bicyclic) bond motifs is 2. The Hall–Kier alpha value is -3.29. The summed E-state index contributed by atoms with van der Waals surface area (Å²) in [5.74, 6) is 1.87. The fourth-order valence-corrected chi connectivity index (χ4v) is 3.48. The van der Waals surface area contributed by atoms with E-state index < -0.39 is 0 Å². The molecule has 1 aliphatic heterocycles. The van der Waals surface area contributed by atoms with Crippen molar-refractivity contribution in [3.05, 3.63) is 48.9 Å². The molecule has 1 aromatic carbocycles. The summed E-state index contributed by atoms with van der Waals surface area (Å²) in [4.78, 5) is 13.9. The lowest BCUT2D eigenvalue weighted by molar-refractivity contribution is 0.539. The van der Waals surface area contributed by atoms with E-state index in [4.69, 9.17) is 4.98 Å². The molecular formula is C18H18N8. The summed E-state index contributed by atoms with van der Waals surface area (Å²) in [6.07, 6.45) is 3.50. The minimum atomic E-state index is 0.304. The van der Waals surface area contributed by atoms with Gasteiger partial charge in [0.15, 0.2) is 5.65 Å². The molecule has 1 fully saturated rings. The number of rotatable bonds is 2. The summed E-state index contributed by atoms with van der Waals surface area (Å²) in [5, 5.41) is 12.5. The molecule has 0 N–H and O–H groups in total. The van der Waals surface area contributed by atoms with E-state index in [1.165, 1.54) is 0 Å². The van der Waals surface area contributed by atoms with Crippen LogP contribution in [0.5, 0.6) is 0 Å². The maximum Gasteiger partial charge on any atom is 0.177 e. The number of hydrogen-bond acceptors (Lipinski definition) is 7. The van der Waals surface area contributed by atoms with E-state index >= 15 is 0 Å². The van der Waals surface area contributed by atoms with Crippen LogP contribution in [0.25, 0.3) is 16.7 Å². The molecule has 1 saturated heterocycles. The molecule has 4 heterocycles. The maximum atomic E-state index is 4.77. The predicted molar refractivity (Wildman–Crippen MR) is 99.3 cm³/mol. The van der Waals surface area contributed by atoms with E-state index in [-0.39, 0.29) is 0 Å². The predicted octanol–water partition coefficient (Wildman–Crippen LogP) is 1.78. The summed E-state index contributed by atoms with van der Waals surface area (Å²) in [6, 6.07) is 12.2. The number of hydrogen-bond donors (Lipinski definition) is 0. The van der Waals surface area contributed by atoms with Gasteiger partial charge < -0.3 is 9.80 Å². The SMILES string of the molecule is CC1CN(c2cnc3ccccc3n2)CCN1c1ccc2nncn2n1. The Kier molecular flexibility index (Phi) is 3.41. The summed E-state index contributed by atoms with van der Waals surface area (Å²) >= 11 is 0. The average Bonchev–Trinajstić information content (AvgIpc) is 3.15. The van der Waals surface area contributed by atoms with Gasteiger partial charge >= 0.3 is 0 Å². The van der Waals surface area contributed by atoms with Crippen molar-refractivity contribution < 1.29 is 0 Å². The van der Waals surface area contributed by atoms with Gasteiger partial charge in [0.1, 0.15) is 18.0 Å². The third-order valence-electron chi connectivity index (χ3n) is 4.83. The van der Waals surface area contributed by atoms with Gasteiger partial charge in [0.2, 0.25) is 0 Å². The zero-order valence-corrected chi connectivity index (χ0v) is 14.4. The number of benzene rings is 1. The Morgan fingerprint density at radius 3 is 2.77 bits per heavy atom. The standard InChI is InChI=1S/C18H18N8/c1-13-11-24(18-10-19-14-4-2-3-5-15(14)21-18)8-9-25(13)17-7-6-16-22-20-12-26(16)23-17/h2-7,10,12-13H,8-9,11H2,1H3. The van der Waals surface area contributed by atoms with Crippen molar-refractivity contribution >= 4 is 28.3 Å². The van der Waals surface area contributed by atoms with Crippen LogP contribution in [0.4, 0.5) is 11.6 Å². The smallest absolute Gasteiger partial charge is 0.177 e. The molecule has 4 aromatic rings. The first-order valence-corrected chi connectivity index (χ1v) is 8.68. The molecule has 1 aliphatic rings. The highest BCUT2D eigenvalue weighted by Gasteiger charge is 2.26. The molecule has 8 nitrogen and oxygen atoms in total. The van der Waals surface area contributed by atoms with Crippen molar-refractivity contribution in [2.24, 2.45) is 0 Å². The van der Waals surface area contributed by atoms with Crippen molar-refractivity contribution in [2.75, 3.05) is 29.4 Å². The van der Waals surface area contributed by atoms with E-state index in [1.807, 2.05) is 42.6 Å². The number of piperazine rings is 1. The van der Waals surface area contributed by atoms with Crippen LogP contribution in [0, 0.1) is 0 Å². The van der Waals surface area contributed by atoms with Gasteiger partial charge in [0.25, 0.3) is 0 Å². The lowest BCUT2D eigenvalue weighted by Crippen LogP contribution is -2.52. The summed E-state index contributed by atoms with van der Waals surface area (Å²) in [6.45, 7) is 4.82. The molecule has 3 aromatic heterocycles. The number of aromatic nitrogens is 6. The third-order valence-corrected chi connectivity index (χ3v) is 4.83. The monoisotopic (exact) mass is 346 g/mol. The summed E-state index contributed by atoms with van der Waals surface area (Å²) in [5.41, 5.74) is 2.61. The van der Waals surface area contributed by atoms with Crippen molar-refractivity contribution in [1.29, 1.82) is 0 Å². The quantitative estimate of drug-likeness (QED) is 0.548. The molecule has 0 bridgehead atoms. The van der Waals surface area contributed by atoms with Crippen molar-refractivity contribution in [3.63, 3.8) is 0 Å². The fraction of sp³-hybridized carbons (Fsp3) is 0.278. The van der Waals surface area contributed by atoms with Crippen molar-refractivity contribution in [1.82, 2.24) is 29.8 Å². The maximum absolute atomic E-state index is 4.77. The molecule has 8 heteroatoms. The molecule has 0 amide bonds. The van der Waals surface area contributed by atoms with Crippen molar-refractivity contribution in [3.8, 4) is 0 Å². The highest BCUT2D eigenvalue weighted by molar-refractivity contribution is 5.75. The van der Waals surface area contributed by atoms with Gasteiger partial charge in [0.05, 0.1) is 17.2 Å². The van der Waals surface area contributed by atoms with Crippen LogP contribution in [-0.4, -0.2) is 55.5 Å². The average molecular weight is 346 g/mol. The topological polar surface area (TPSA) is 75.3 Å². The van der Waals surface area contributed by atoms with E-state index in [2.05, 4.69) is 37.0 Å². The van der Waals surface area contributed by atoms with Crippen LogP contribution in [0.15, 0.2) is 48.9 Å². The zero-order valence-electron chi connectivity index (χ0n) is 14.4. The Bertz CT molecular complexity index is 1070. The Labute approximate surface area is 150 Å². The molecule has 0 radical (unpaired) electrons. The molecule has 0 saturated carbocycles. The van der Waals surface area contributed by atoms with Crippen LogP contribution in [0.2, 0.25) is 0 Å². The minimum absolute atomic E-state index is 0.304. The van der Waals surface area contributed by atoms with Crippen LogP contribution in [0.1, 0.15) is 6.92 Å². The normalized spacial score (nSPS) is 18.0. The van der Waals surface area contributed by atoms with Crippen LogP contribution in [-0.2, 0) is 0 Å². The van der Waals surface area contributed by atoms with Crippen LogP contribution < -0.4 is 9.80 Å². The van der Waals surface area contributed by atoms with E-state index in [0.29, 0.717) is 6.04 Å². The second-order valence-electron chi connectivity index (χ2n) is 6.53. The van der Waals surface area contributed by atoms with Gasteiger partial charge in [-0.1, -0.05) is 12.1 Å². The van der Waals surface area contributed by atoms with E-state index in [0.717, 1.165) is 48.0 Å². The number of anilines is 2. The summed E-state index contributed by atoms with van der Waals surface area (Å²) in [7, 11) is 0. The second-order valence-corrected chi connectivity index (χ2v) is 6.53. The molecule has 1 atom stereocenters. The van der Waals surface area contributed by atoms with Crippen molar-refractivity contribution in [2.45, 2.75) is 13.0 Å². The van der Waals surface area contributed by atoms with Gasteiger partial charge in [-0.3, -0.25) is 4.98 Å². The molecular weight excluding hydrogens is 328 g/mol. The lowest BCUT2D eigenvalue weighted by atomic mass is 10.2. The number of para-hydroxylation sites is 2. The first kappa shape index (κ1) is 15.0. The molecule has 0 spiro atoms. The molecule has 26 heavy (non-hydrogen) atoms. The first-order chi connectivity index (χ1) is 12.8. The molecule has 0 aliphatic carbocycles. The second kappa shape index (κ2) is 5.91. The highest BCUT2D eigenvalue weighted by atomic mass is 15.4. The summed E-state index contributed by atoms with van der Waals surface area (Å²) < 4.78 is 1.71. The van der Waals surface area contributed by atoms with Gasteiger partial charge in [-0.05, 0) is 31.2 Å². The first-order valence-electron chi connectivity index (χ1n) is 8.68. The molecule has 130 valence electrons. The Morgan fingerprint density at radius 1 is 1.00 bits per heavy atom. The molecule has 5 rings (SSSR count). The van der Waals surface area contributed by atoms with Gasteiger partial charge in [-0.25, -0.2) is 4.98 Å². The Balaban J connectivity index is 1.38. The zero-order chi connectivity index (χ0) is 17.5. The van der Waals surface area contributed by atoms with Gasteiger partial charge in [-0.15, -0.1) is 15.3 Å². The minimum Gasteiger partial charge on any atom is -0.351 e. The molecule has 1 unspecified atom stereocenters. The van der Waals surface area contributed by atoms with E-state index in [9.17, 15) is 0 Å².